The number of nitrogens with zero attached hydrogens (tertiary/aromatic N) is 5. The van der Waals surface area contributed by atoms with Crippen molar-refractivity contribution in [2.45, 2.75) is 43.9 Å². The molecule has 1 aromatic carbocycles. The fraction of sp³-hybridized carbons (Fsp3) is 0.526. The first-order valence-electron chi connectivity index (χ1n) is 9.50. The maximum atomic E-state index is 10.0. The summed E-state index contributed by atoms with van der Waals surface area (Å²) in [5.74, 6) is 0.786. The van der Waals surface area contributed by atoms with Gasteiger partial charge in [0, 0.05) is 31.5 Å². The Balaban J connectivity index is 1.30. The lowest BCUT2D eigenvalue weighted by atomic mass is 9.83. The predicted octanol–water partition coefficient (Wildman–Crippen LogP) is 1.98. The maximum absolute atomic E-state index is 10.0. The molecule has 4 heterocycles. The number of rotatable bonds is 3. The second-order valence-corrected chi connectivity index (χ2v) is 7.59. The fourth-order valence-electron chi connectivity index (χ4n) is 4.28. The molecular formula is C19H23N5O3. The molecule has 0 radical (unpaired) electrons. The van der Waals surface area contributed by atoms with E-state index in [-0.39, 0.29) is 11.7 Å². The Kier molecular flexibility index (Phi) is 4.09. The van der Waals surface area contributed by atoms with Crippen molar-refractivity contribution in [3.8, 4) is 0 Å². The van der Waals surface area contributed by atoms with E-state index in [1.165, 1.54) is 0 Å². The average molecular weight is 369 g/mol. The van der Waals surface area contributed by atoms with Crippen molar-refractivity contribution in [3.05, 3.63) is 36.1 Å². The summed E-state index contributed by atoms with van der Waals surface area (Å²) in [6, 6.07) is 8.08. The molecule has 1 N–H and O–H groups in total. The van der Waals surface area contributed by atoms with Gasteiger partial charge >= 0.3 is 0 Å². The molecule has 8 heteroatoms. The van der Waals surface area contributed by atoms with E-state index >= 15 is 0 Å². The van der Waals surface area contributed by atoms with Crippen LogP contribution < -0.4 is 4.90 Å². The van der Waals surface area contributed by atoms with E-state index in [2.05, 4.69) is 26.5 Å². The summed E-state index contributed by atoms with van der Waals surface area (Å²) >= 11 is 0. The zero-order valence-electron chi connectivity index (χ0n) is 15.1. The van der Waals surface area contributed by atoms with Crippen LogP contribution in [0, 0.1) is 0 Å². The molecule has 5 rings (SSSR count). The number of fused-ring (bicyclic) bond motifs is 1. The van der Waals surface area contributed by atoms with Crippen molar-refractivity contribution < 1.29 is 14.3 Å². The minimum Gasteiger partial charge on any atom is -0.464 e. The van der Waals surface area contributed by atoms with Gasteiger partial charge in [-0.3, -0.25) is 0 Å². The Bertz CT molecular complexity index is 928. The fourth-order valence-corrected chi connectivity index (χ4v) is 4.28. The number of furan rings is 1. The summed E-state index contributed by atoms with van der Waals surface area (Å²) in [4.78, 5) is 2.21. The Hall–Kier alpha value is -2.45. The van der Waals surface area contributed by atoms with E-state index in [0.717, 1.165) is 61.3 Å². The molecule has 0 bridgehead atoms. The molecule has 0 saturated carbocycles. The van der Waals surface area contributed by atoms with Crippen LogP contribution in [-0.4, -0.2) is 56.7 Å². The van der Waals surface area contributed by atoms with Gasteiger partial charge in [0.2, 0.25) is 5.95 Å². The minimum atomic E-state index is -0.242. The normalized spacial score (nSPS) is 22.6. The zero-order valence-corrected chi connectivity index (χ0v) is 15.1. The smallest absolute Gasteiger partial charge is 0.245 e. The van der Waals surface area contributed by atoms with Crippen LogP contribution in [-0.2, 0) is 11.3 Å². The Morgan fingerprint density at radius 3 is 2.96 bits per heavy atom. The molecule has 2 aromatic heterocycles. The Labute approximate surface area is 156 Å². The number of anilines is 1. The molecule has 3 aromatic rings. The molecule has 27 heavy (non-hydrogen) atoms. The van der Waals surface area contributed by atoms with Gasteiger partial charge in [-0.25, -0.2) is 4.68 Å². The standard InChI is InChI=1S/C19H23N5O3/c25-16-4-10-27-19(12-16)5-7-23(8-6-19)18-20-21-22-24(18)13-14-1-2-17-15(11-14)3-9-26-17/h1-3,9,11,16,25H,4-8,10,12-13H2. The van der Waals surface area contributed by atoms with Gasteiger partial charge in [-0.15, -0.1) is 0 Å². The first-order chi connectivity index (χ1) is 13.2. The van der Waals surface area contributed by atoms with Crippen LogP contribution in [0.3, 0.4) is 0 Å². The molecule has 1 spiro atoms. The van der Waals surface area contributed by atoms with Crippen LogP contribution in [0.1, 0.15) is 31.2 Å². The third-order valence-corrected chi connectivity index (χ3v) is 5.79. The third kappa shape index (κ3) is 3.19. The number of piperidine rings is 1. The summed E-state index contributed by atoms with van der Waals surface area (Å²) in [5, 5.41) is 23.4. The number of ether oxygens (including phenoxy) is 1. The highest BCUT2D eigenvalue weighted by molar-refractivity contribution is 5.77. The van der Waals surface area contributed by atoms with Crippen molar-refractivity contribution in [3.63, 3.8) is 0 Å². The molecule has 1 atom stereocenters. The summed E-state index contributed by atoms with van der Waals surface area (Å²) in [6.07, 6.45) is 4.70. The Morgan fingerprint density at radius 1 is 1.22 bits per heavy atom. The van der Waals surface area contributed by atoms with Crippen molar-refractivity contribution in [2.24, 2.45) is 0 Å². The number of tetrazole rings is 1. The number of benzene rings is 1. The van der Waals surface area contributed by atoms with Gasteiger partial charge in [0.05, 0.1) is 24.5 Å². The topological polar surface area (TPSA) is 89.4 Å². The molecule has 8 nitrogen and oxygen atoms in total. The number of aliphatic hydroxyl groups excluding tert-OH is 1. The van der Waals surface area contributed by atoms with Crippen LogP contribution in [0.5, 0.6) is 0 Å². The maximum Gasteiger partial charge on any atom is 0.245 e. The van der Waals surface area contributed by atoms with Crippen molar-refractivity contribution in [1.29, 1.82) is 0 Å². The zero-order chi connectivity index (χ0) is 18.3. The molecule has 142 valence electrons. The Morgan fingerprint density at radius 2 is 2.11 bits per heavy atom. The quantitative estimate of drug-likeness (QED) is 0.755. The van der Waals surface area contributed by atoms with E-state index in [9.17, 15) is 5.11 Å². The second-order valence-electron chi connectivity index (χ2n) is 7.59. The van der Waals surface area contributed by atoms with Crippen LogP contribution in [0.2, 0.25) is 0 Å². The highest BCUT2D eigenvalue weighted by Crippen LogP contribution is 2.36. The molecule has 2 fully saturated rings. The van der Waals surface area contributed by atoms with Gasteiger partial charge in [-0.1, -0.05) is 11.2 Å². The van der Waals surface area contributed by atoms with Crippen LogP contribution >= 0.6 is 0 Å². The number of aliphatic hydroxyl groups is 1. The molecule has 0 aliphatic carbocycles. The van der Waals surface area contributed by atoms with E-state index < -0.39 is 0 Å². The largest absolute Gasteiger partial charge is 0.464 e. The van der Waals surface area contributed by atoms with Crippen LogP contribution in [0.25, 0.3) is 11.0 Å². The minimum absolute atomic E-state index is 0.182. The average Bonchev–Trinajstić information content (AvgIpc) is 3.31. The lowest BCUT2D eigenvalue weighted by Crippen LogP contribution is -2.51. The molecule has 1 unspecified atom stereocenters. The van der Waals surface area contributed by atoms with Crippen molar-refractivity contribution in [1.82, 2.24) is 20.2 Å². The SMILES string of the molecule is OC1CCOC2(CCN(c3nnnn3Cc3ccc4occc4c3)CC2)C1. The van der Waals surface area contributed by atoms with Gasteiger partial charge in [0.1, 0.15) is 5.58 Å². The molecule has 2 aliphatic rings. The van der Waals surface area contributed by atoms with E-state index in [1.54, 1.807) is 6.26 Å². The summed E-state index contributed by atoms with van der Waals surface area (Å²) in [6.45, 7) is 2.91. The first-order valence-corrected chi connectivity index (χ1v) is 9.50. The summed E-state index contributed by atoms with van der Waals surface area (Å²) < 4.78 is 13.3. The molecular weight excluding hydrogens is 346 g/mol. The van der Waals surface area contributed by atoms with Crippen LogP contribution in [0.15, 0.2) is 34.9 Å². The summed E-state index contributed by atoms with van der Waals surface area (Å²) in [5.41, 5.74) is 1.83. The van der Waals surface area contributed by atoms with Gasteiger partial charge in [-0.05, 0) is 53.5 Å². The van der Waals surface area contributed by atoms with Crippen LogP contribution in [0.4, 0.5) is 5.95 Å². The van der Waals surface area contributed by atoms with Gasteiger partial charge < -0.3 is 19.2 Å². The van der Waals surface area contributed by atoms with Gasteiger partial charge in [0.15, 0.2) is 0 Å². The monoisotopic (exact) mass is 369 g/mol. The third-order valence-electron chi connectivity index (χ3n) is 5.79. The highest BCUT2D eigenvalue weighted by atomic mass is 16.5. The molecule has 2 aliphatic heterocycles. The van der Waals surface area contributed by atoms with Gasteiger partial charge in [-0.2, -0.15) is 0 Å². The van der Waals surface area contributed by atoms with Gasteiger partial charge in [0.25, 0.3) is 0 Å². The lowest BCUT2D eigenvalue weighted by molar-refractivity contribution is -0.129. The van der Waals surface area contributed by atoms with E-state index in [4.69, 9.17) is 9.15 Å². The van der Waals surface area contributed by atoms with E-state index in [0.29, 0.717) is 13.2 Å². The number of hydrogen-bond acceptors (Lipinski definition) is 7. The molecule has 0 amide bonds. The number of aromatic nitrogens is 4. The second kappa shape index (κ2) is 6.61. The molecule has 2 saturated heterocycles. The van der Waals surface area contributed by atoms with Crippen molar-refractivity contribution in [2.75, 3.05) is 24.6 Å². The first kappa shape index (κ1) is 16.7. The number of hydrogen-bond donors (Lipinski definition) is 1. The predicted molar refractivity (Wildman–Crippen MR) is 98.5 cm³/mol. The lowest BCUT2D eigenvalue weighted by Gasteiger charge is -2.45. The van der Waals surface area contributed by atoms with E-state index in [1.807, 2.05) is 22.9 Å². The highest BCUT2D eigenvalue weighted by Gasteiger charge is 2.40. The summed E-state index contributed by atoms with van der Waals surface area (Å²) in [7, 11) is 0. The van der Waals surface area contributed by atoms with Crippen molar-refractivity contribution >= 4 is 16.9 Å².